The Bertz CT molecular complexity index is 93.8. The highest BCUT2D eigenvalue weighted by Gasteiger charge is 1.89. The summed E-state index contributed by atoms with van der Waals surface area (Å²) in [4.78, 5) is 0. The van der Waals surface area contributed by atoms with Gasteiger partial charge in [0.05, 0.1) is 12.9 Å². The van der Waals surface area contributed by atoms with Crippen molar-refractivity contribution < 1.29 is 4.74 Å². The van der Waals surface area contributed by atoms with Gasteiger partial charge < -0.3 is 4.74 Å². The standard InChI is InChI=1S/C10H20OS/c1-3-5-6-7-9-12-10-8-11-4-2/h4H,2-3,5-10H2,1H3. The Labute approximate surface area is 80.6 Å². The first-order chi connectivity index (χ1) is 5.91. The van der Waals surface area contributed by atoms with Gasteiger partial charge in [-0.1, -0.05) is 32.8 Å². The number of thioether (sulfide) groups is 1. The fourth-order valence-corrected chi connectivity index (χ4v) is 1.75. The summed E-state index contributed by atoms with van der Waals surface area (Å²) in [6.07, 6.45) is 6.95. The van der Waals surface area contributed by atoms with Crippen LogP contribution in [0, 0.1) is 0 Å². The second-order valence-electron chi connectivity index (χ2n) is 2.71. The number of ether oxygens (including phenoxy) is 1. The lowest BCUT2D eigenvalue weighted by Gasteiger charge is -2.00. The average molecular weight is 188 g/mol. The molecule has 0 bridgehead atoms. The molecule has 0 atom stereocenters. The molecule has 0 rings (SSSR count). The zero-order valence-corrected chi connectivity index (χ0v) is 8.87. The zero-order chi connectivity index (χ0) is 9.07. The summed E-state index contributed by atoms with van der Waals surface area (Å²) >= 11 is 1.97. The van der Waals surface area contributed by atoms with E-state index in [9.17, 15) is 0 Å². The van der Waals surface area contributed by atoms with E-state index in [1.165, 1.54) is 37.7 Å². The quantitative estimate of drug-likeness (QED) is 0.405. The number of hydrogen-bond acceptors (Lipinski definition) is 2. The van der Waals surface area contributed by atoms with Crippen molar-refractivity contribution in [3.05, 3.63) is 12.8 Å². The van der Waals surface area contributed by atoms with E-state index < -0.39 is 0 Å². The molecule has 0 aromatic rings. The van der Waals surface area contributed by atoms with Crippen molar-refractivity contribution in [2.24, 2.45) is 0 Å². The molecule has 0 unspecified atom stereocenters. The SMILES string of the molecule is C=COCCSCCCCCC. The molecule has 0 aliphatic rings. The van der Waals surface area contributed by atoms with Crippen LogP contribution in [0.3, 0.4) is 0 Å². The fourth-order valence-electron chi connectivity index (χ4n) is 0.923. The molecule has 0 N–H and O–H groups in total. The van der Waals surface area contributed by atoms with Crippen LogP contribution < -0.4 is 0 Å². The summed E-state index contributed by atoms with van der Waals surface area (Å²) in [7, 11) is 0. The van der Waals surface area contributed by atoms with E-state index in [4.69, 9.17) is 4.74 Å². The summed E-state index contributed by atoms with van der Waals surface area (Å²) in [5.41, 5.74) is 0. The monoisotopic (exact) mass is 188 g/mol. The molecule has 2 heteroatoms. The Morgan fingerprint density at radius 1 is 1.25 bits per heavy atom. The highest BCUT2D eigenvalue weighted by molar-refractivity contribution is 7.99. The minimum absolute atomic E-state index is 0.807. The van der Waals surface area contributed by atoms with Gasteiger partial charge in [0.15, 0.2) is 0 Å². The van der Waals surface area contributed by atoms with Crippen LogP contribution in [-0.2, 0) is 4.74 Å². The molecule has 0 saturated heterocycles. The summed E-state index contributed by atoms with van der Waals surface area (Å²) in [5, 5.41) is 0. The highest BCUT2D eigenvalue weighted by Crippen LogP contribution is 2.06. The maximum atomic E-state index is 5.00. The third kappa shape index (κ3) is 9.89. The molecule has 0 aromatic heterocycles. The van der Waals surface area contributed by atoms with Crippen molar-refractivity contribution in [1.29, 1.82) is 0 Å². The Kier molecular flexibility index (Phi) is 10.8. The highest BCUT2D eigenvalue weighted by atomic mass is 32.2. The van der Waals surface area contributed by atoms with Crippen LogP contribution in [-0.4, -0.2) is 18.1 Å². The minimum atomic E-state index is 0.807. The third-order valence-electron chi connectivity index (χ3n) is 1.61. The smallest absolute Gasteiger partial charge is 0.0963 e. The zero-order valence-electron chi connectivity index (χ0n) is 8.05. The first kappa shape index (κ1) is 11.9. The van der Waals surface area contributed by atoms with Gasteiger partial charge in [0.1, 0.15) is 0 Å². The van der Waals surface area contributed by atoms with Gasteiger partial charge in [-0.3, -0.25) is 0 Å². The molecule has 0 heterocycles. The number of rotatable bonds is 9. The molecule has 0 aliphatic carbocycles. The van der Waals surface area contributed by atoms with Gasteiger partial charge in [-0.05, 0) is 12.2 Å². The van der Waals surface area contributed by atoms with E-state index in [-0.39, 0.29) is 0 Å². The number of hydrogen-bond donors (Lipinski definition) is 0. The van der Waals surface area contributed by atoms with Gasteiger partial charge in [0, 0.05) is 5.75 Å². The molecule has 0 aliphatic heterocycles. The lowest BCUT2D eigenvalue weighted by Crippen LogP contribution is -1.92. The second-order valence-corrected chi connectivity index (χ2v) is 3.94. The Morgan fingerprint density at radius 3 is 2.75 bits per heavy atom. The molecule has 72 valence electrons. The predicted molar refractivity (Wildman–Crippen MR) is 57.6 cm³/mol. The molecule has 12 heavy (non-hydrogen) atoms. The molecule has 0 spiro atoms. The van der Waals surface area contributed by atoms with Crippen molar-refractivity contribution in [2.75, 3.05) is 18.1 Å². The van der Waals surface area contributed by atoms with Crippen molar-refractivity contribution in [3.8, 4) is 0 Å². The Morgan fingerprint density at radius 2 is 2.08 bits per heavy atom. The fraction of sp³-hybridized carbons (Fsp3) is 0.800. The van der Waals surface area contributed by atoms with Gasteiger partial charge in [0.25, 0.3) is 0 Å². The van der Waals surface area contributed by atoms with Crippen molar-refractivity contribution >= 4 is 11.8 Å². The van der Waals surface area contributed by atoms with Crippen LogP contribution in [0.25, 0.3) is 0 Å². The van der Waals surface area contributed by atoms with Crippen LogP contribution in [0.5, 0.6) is 0 Å². The Balaban J connectivity index is 2.77. The molecular formula is C10H20OS. The second kappa shape index (κ2) is 10.9. The Hall–Kier alpha value is -0.110. The van der Waals surface area contributed by atoms with Crippen LogP contribution >= 0.6 is 11.8 Å². The predicted octanol–water partition coefficient (Wildman–Crippen LogP) is 3.46. The lowest BCUT2D eigenvalue weighted by atomic mass is 10.2. The summed E-state index contributed by atoms with van der Waals surface area (Å²) in [6.45, 7) is 6.54. The topological polar surface area (TPSA) is 9.23 Å². The van der Waals surface area contributed by atoms with E-state index in [2.05, 4.69) is 13.5 Å². The van der Waals surface area contributed by atoms with Crippen molar-refractivity contribution in [1.82, 2.24) is 0 Å². The van der Waals surface area contributed by atoms with E-state index in [0.717, 1.165) is 12.4 Å². The van der Waals surface area contributed by atoms with Crippen LogP contribution in [0.1, 0.15) is 32.6 Å². The summed E-state index contributed by atoms with van der Waals surface area (Å²) in [5.74, 6) is 2.37. The van der Waals surface area contributed by atoms with Gasteiger partial charge >= 0.3 is 0 Å². The summed E-state index contributed by atoms with van der Waals surface area (Å²) < 4.78 is 5.00. The average Bonchev–Trinajstić information content (AvgIpc) is 2.10. The third-order valence-corrected chi connectivity index (χ3v) is 2.64. The molecule has 0 aromatic carbocycles. The molecule has 0 fully saturated rings. The largest absolute Gasteiger partial charge is 0.501 e. The van der Waals surface area contributed by atoms with Crippen molar-refractivity contribution in [2.45, 2.75) is 32.6 Å². The van der Waals surface area contributed by atoms with Crippen LogP contribution in [0.4, 0.5) is 0 Å². The van der Waals surface area contributed by atoms with E-state index in [1.807, 2.05) is 11.8 Å². The van der Waals surface area contributed by atoms with E-state index in [0.29, 0.717) is 0 Å². The van der Waals surface area contributed by atoms with Crippen LogP contribution in [0.15, 0.2) is 12.8 Å². The maximum Gasteiger partial charge on any atom is 0.0963 e. The van der Waals surface area contributed by atoms with Gasteiger partial charge in [-0.15, -0.1) is 0 Å². The summed E-state index contributed by atoms with van der Waals surface area (Å²) in [6, 6.07) is 0. The van der Waals surface area contributed by atoms with Gasteiger partial charge in [0.2, 0.25) is 0 Å². The van der Waals surface area contributed by atoms with Gasteiger partial charge in [-0.2, -0.15) is 11.8 Å². The van der Waals surface area contributed by atoms with Crippen LogP contribution in [0.2, 0.25) is 0 Å². The molecular weight excluding hydrogens is 168 g/mol. The molecule has 1 nitrogen and oxygen atoms in total. The van der Waals surface area contributed by atoms with Gasteiger partial charge in [-0.25, -0.2) is 0 Å². The first-order valence-electron chi connectivity index (χ1n) is 4.72. The maximum absolute atomic E-state index is 5.00. The number of unbranched alkanes of at least 4 members (excludes halogenated alkanes) is 3. The lowest BCUT2D eigenvalue weighted by molar-refractivity contribution is 0.274. The molecule has 0 amide bonds. The van der Waals surface area contributed by atoms with E-state index >= 15 is 0 Å². The normalized spacial score (nSPS) is 9.75. The van der Waals surface area contributed by atoms with E-state index in [1.54, 1.807) is 0 Å². The van der Waals surface area contributed by atoms with Crippen molar-refractivity contribution in [3.63, 3.8) is 0 Å². The molecule has 0 radical (unpaired) electrons. The minimum Gasteiger partial charge on any atom is -0.501 e. The molecule has 0 saturated carbocycles. The first-order valence-corrected chi connectivity index (χ1v) is 5.87.